The van der Waals surface area contributed by atoms with Gasteiger partial charge in [-0.25, -0.2) is 0 Å². The van der Waals surface area contributed by atoms with Crippen LogP contribution in [0.2, 0.25) is 0 Å². The molecule has 1 aliphatic heterocycles. The average molecular weight is 335 g/mol. The van der Waals surface area contributed by atoms with Gasteiger partial charge in [-0.1, -0.05) is 12.8 Å². The molecule has 0 radical (unpaired) electrons. The Labute approximate surface area is 142 Å². The SMILES string of the molecule is COc1nc(CNC(=O)CC2CCCC2)nc(N2CCOCC2)n1. The molecule has 2 heterocycles. The quantitative estimate of drug-likeness (QED) is 0.826. The van der Waals surface area contributed by atoms with Crippen molar-refractivity contribution in [2.75, 3.05) is 38.3 Å². The maximum Gasteiger partial charge on any atom is 0.321 e. The molecule has 1 N–H and O–H groups in total. The molecule has 0 atom stereocenters. The number of ether oxygens (including phenoxy) is 2. The molecule has 132 valence electrons. The minimum absolute atomic E-state index is 0.0641. The van der Waals surface area contributed by atoms with Crippen molar-refractivity contribution in [3.8, 4) is 6.01 Å². The van der Waals surface area contributed by atoms with Crippen molar-refractivity contribution < 1.29 is 14.3 Å². The number of anilines is 1. The molecule has 0 spiro atoms. The molecule has 1 aromatic rings. The van der Waals surface area contributed by atoms with Crippen molar-refractivity contribution in [2.45, 2.75) is 38.6 Å². The fourth-order valence-electron chi connectivity index (χ4n) is 3.19. The van der Waals surface area contributed by atoms with Crippen molar-refractivity contribution in [3.63, 3.8) is 0 Å². The highest BCUT2D eigenvalue weighted by molar-refractivity contribution is 5.76. The van der Waals surface area contributed by atoms with Gasteiger partial charge in [0.25, 0.3) is 0 Å². The Morgan fingerprint density at radius 3 is 2.71 bits per heavy atom. The summed E-state index contributed by atoms with van der Waals surface area (Å²) in [5, 5.41) is 2.92. The summed E-state index contributed by atoms with van der Waals surface area (Å²) in [5.41, 5.74) is 0. The van der Waals surface area contributed by atoms with E-state index in [1.165, 1.54) is 20.0 Å². The van der Waals surface area contributed by atoms with Gasteiger partial charge in [0, 0.05) is 19.5 Å². The third kappa shape index (κ3) is 4.53. The highest BCUT2D eigenvalue weighted by Crippen LogP contribution is 2.27. The van der Waals surface area contributed by atoms with Gasteiger partial charge in [-0.2, -0.15) is 15.0 Å². The highest BCUT2D eigenvalue weighted by atomic mass is 16.5. The second-order valence-electron chi connectivity index (χ2n) is 6.27. The number of morpholine rings is 1. The number of nitrogens with one attached hydrogen (secondary N) is 1. The van der Waals surface area contributed by atoms with Gasteiger partial charge in [0.2, 0.25) is 11.9 Å². The average Bonchev–Trinajstić information content (AvgIpc) is 3.13. The van der Waals surface area contributed by atoms with Crippen LogP contribution in [0.3, 0.4) is 0 Å². The largest absolute Gasteiger partial charge is 0.467 e. The zero-order valence-corrected chi connectivity index (χ0v) is 14.2. The maximum absolute atomic E-state index is 12.1. The molecule has 1 saturated heterocycles. The van der Waals surface area contributed by atoms with Crippen LogP contribution in [0.15, 0.2) is 0 Å². The third-order valence-electron chi connectivity index (χ3n) is 4.52. The zero-order chi connectivity index (χ0) is 16.8. The molecule has 0 aromatic carbocycles. The molecule has 0 bridgehead atoms. The van der Waals surface area contributed by atoms with Crippen LogP contribution in [0, 0.1) is 5.92 Å². The summed E-state index contributed by atoms with van der Waals surface area (Å²) < 4.78 is 10.5. The predicted octanol–water partition coefficient (Wildman–Crippen LogP) is 0.913. The van der Waals surface area contributed by atoms with Crippen molar-refractivity contribution in [3.05, 3.63) is 5.82 Å². The van der Waals surface area contributed by atoms with Gasteiger partial charge in [-0.15, -0.1) is 0 Å². The fraction of sp³-hybridized carbons (Fsp3) is 0.750. The van der Waals surface area contributed by atoms with Gasteiger partial charge in [0.1, 0.15) is 0 Å². The second-order valence-corrected chi connectivity index (χ2v) is 6.27. The minimum Gasteiger partial charge on any atom is -0.467 e. The molecule has 8 nitrogen and oxygen atoms in total. The van der Waals surface area contributed by atoms with Gasteiger partial charge < -0.3 is 19.7 Å². The lowest BCUT2D eigenvalue weighted by Crippen LogP contribution is -2.37. The van der Waals surface area contributed by atoms with Crippen molar-refractivity contribution in [1.29, 1.82) is 0 Å². The standard InChI is InChI=1S/C16H25N5O3/c1-23-16-19-13(11-17-14(22)10-12-4-2-3-5-12)18-15(20-16)21-6-8-24-9-7-21/h12H,2-11H2,1H3,(H,17,22). The first kappa shape index (κ1) is 16.9. The summed E-state index contributed by atoms with van der Waals surface area (Å²) in [4.78, 5) is 27.1. The fourth-order valence-corrected chi connectivity index (χ4v) is 3.19. The van der Waals surface area contributed by atoms with E-state index in [1.54, 1.807) is 0 Å². The summed E-state index contributed by atoms with van der Waals surface area (Å²) >= 11 is 0. The molecule has 0 unspecified atom stereocenters. The van der Waals surface area contributed by atoms with E-state index < -0.39 is 0 Å². The van der Waals surface area contributed by atoms with Crippen LogP contribution in [0.25, 0.3) is 0 Å². The molecular formula is C16H25N5O3. The molecule has 1 aromatic heterocycles. The first-order valence-corrected chi connectivity index (χ1v) is 8.63. The van der Waals surface area contributed by atoms with E-state index in [0.717, 1.165) is 25.9 Å². The van der Waals surface area contributed by atoms with E-state index in [-0.39, 0.29) is 11.9 Å². The topological polar surface area (TPSA) is 89.5 Å². The Bertz CT molecular complexity index is 557. The van der Waals surface area contributed by atoms with Crippen LogP contribution in [-0.2, 0) is 16.1 Å². The van der Waals surface area contributed by atoms with Crippen LogP contribution < -0.4 is 15.0 Å². The molecule has 1 saturated carbocycles. The number of carbonyl (C=O) groups is 1. The van der Waals surface area contributed by atoms with Crippen molar-refractivity contribution in [1.82, 2.24) is 20.3 Å². The molecule has 1 aliphatic carbocycles. The van der Waals surface area contributed by atoms with E-state index in [2.05, 4.69) is 20.3 Å². The molecule has 1 amide bonds. The number of carbonyl (C=O) groups excluding carboxylic acids is 1. The van der Waals surface area contributed by atoms with E-state index >= 15 is 0 Å². The summed E-state index contributed by atoms with van der Waals surface area (Å²) in [7, 11) is 1.53. The number of nitrogens with zero attached hydrogens (tertiary/aromatic N) is 4. The van der Waals surface area contributed by atoms with Crippen LogP contribution >= 0.6 is 0 Å². The van der Waals surface area contributed by atoms with Crippen molar-refractivity contribution in [2.24, 2.45) is 5.92 Å². The first-order valence-electron chi connectivity index (χ1n) is 8.63. The maximum atomic E-state index is 12.1. The lowest BCUT2D eigenvalue weighted by Gasteiger charge is -2.26. The van der Waals surface area contributed by atoms with E-state index in [9.17, 15) is 4.79 Å². The minimum atomic E-state index is 0.0641. The lowest BCUT2D eigenvalue weighted by molar-refractivity contribution is -0.122. The van der Waals surface area contributed by atoms with Gasteiger partial charge in [0.15, 0.2) is 5.82 Å². The van der Waals surface area contributed by atoms with E-state index in [1.807, 2.05) is 4.90 Å². The van der Waals surface area contributed by atoms with Crippen LogP contribution in [0.4, 0.5) is 5.95 Å². The Kier molecular flexibility index (Phi) is 5.79. The lowest BCUT2D eigenvalue weighted by atomic mass is 10.0. The summed E-state index contributed by atoms with van der Waals surface area (Å²) in [5.74, 6) is 1.68. The second kappa shape index (κ2) is 8.23. The van der Waals surface area contributed by atoms with Gasteiger partial charge in [-0.3, -0.25) is 4.79 Å². The van der Waals surface area contributed by atoms with E-state index in [4.69, 9.17) is 9.47 Å². The number of amides is 1. The van der Waals surface area contributed by atoms with Crippen LogP contribution in [0.5, 0.6) is 6.01 Å². The summed E-state index contributed by atoms with van der Waals surface area (Å²) in [6, 6.07) is 0.270. The number of methoxy groups -OCH3 is 1. The number of rotatable bonds is 6. The number of hydrogen-bond donors (Lipinski definition) is 1. The number of hydrogen-bond acceptors (Lipinski definition) is 7. The van der Waals surface area contributed by atoms with E-state index in [0.29, 0.717) is 43.9 Å². The molecular weight excluding hydrogens is 310 g/mol. The van der Waals surface area contributed by atoms with Gasteiger partial charge in [0.05, 0.1) is 26.9 Å². The Balaban J connectivity index is 1.60. The van der Waals surface area contributed by atoms with Crippen LogP contribution in [-0.4, -0.2) is 54.3 Å². The Morgan fingerprint density at radius 2 is 2.00 bits per heavy atom. The molecule has 3 rings (SSSR count). The zero-order valence-electron chi connectivity index (χ0n) is 14.2. The molecule has 24 heavy (non-hydrogen) atoms. The number of aromatic nitrogens is 3. The Morgan fingerprint density at radius 1 is 1.25 bits per heavy atom. The predicted molar refractivity (Wildman–Crippen MR) is 87.8 cm³/mol. The van der Waals surface area contributed by atoms with Gasteiger partial charge >= 0.3 is 6.01 Å². The normalized spacial score (nSPS) is 18.6. The third-order valence-corrected chi connectivity index (χ3v) is 4.52. The molecule has 8 heteroatoms. The van der Waals surface area contributed by atoms with Crippen LogP contribution in [0.1, 0.15) is 37.9 Å². The van der Waals surface area contributed by atoms with Gasteiger partial charge in [-0.05, 0) is 18.8 Å². The summed E-state index contributed by atoms with van der Waals surface area (Å²) in [6.45, 7) is 3.08. The first-order chi connectivity index (χ1) is 11.7. The molecule has 2 fully saturated rings. The summed E-state index contributed by atoms with van der Waals surface area (Å²) in [6.07, 6.45) is 5.40. The smallest absolute Gasteiger partial charge is 0.321 e. The highest BCUT2D eigenvalue weighted by Gasteiger charge is 2.19. The van der Waals surface area contributed by atoms with Crippen molar-refractivity contribution >= 4 is 11.9 Å². The monoisotopic (exact) mass is 335 g/mol. The Hall–Kier alpha value is -1.96. The molecule has 2 aliphatic rings.